The molecule has 7 nitrogen and oxygen atoms in total. The third-order valence-electron chi connectivity index (χ3n) is 3.97. The topological polar surface area (TPSA) is 77.8 Å². The second kappa shape index (κ2) is 8.57. The van der Waals surface area contributed by atoms with Gasteiger partial charge in [0.1, 0.15) is 6.61 Å². The summed E-state index contributed by atoms with van der Waals surface area (Å²) in [6, 6.07) is 17.0. The molecule has 2 aromatic heterocycles. The van der Waals surface area contributed by atoms with Crippen LogP contribution in [0.15, 0.2) is 72.6 Å². The standard InChI is InChI=1S/C21H18N4O3S/c1-2-12-27-17-10-6-7-11-18(17)28-13-19(26)22-20-23-21-25(24-20)16(14-29-21)15-8-4-3-5-9-15/h2-11,14H,1,12-13H2,(H,22,24,26). The van der Waals surface area contributed by atoms with E-state index in [-0.39, 0.29) is 18.5 Å². The Hall–Kier alpha value is -3.65. The Morgan fingerprint density at radius 3 is 2.59 bits per heavy atom. The zero-order valence-corrected chi connectivity index (χ0v) is 16.3. The lowest BCUT2D eigenvalue weighted by Crippen LogP contribution is -2.21. The van der Waals surface area contributed by atoms with Gasteiger partial charge in [0, 0.05) is 10.9 Å². The highest BCUT2D eigenvalue weighted by molar-refractivity contribution is 7.15. The molecule has 1 amide bonds. The van der Waals surface area contributed by atoms with Crippen molar-refractivity contribution in [3.63, 3.8) is 0 Å². The molecule has 8 heteroatoms. The highest BCUT2D eigenvalue weighted by atomic mass is 32.1. The van der Waals surface area contributed by atoms with Crippen LogP contribution in [-0.2, 0) is 4.79 Å². The third kappa shape index (κ3) is 4.27. The molecule has 4 rings (SSSR count). The largest absolute Gasteiger partial charge is 0.486 e. The molecule has 0 unspecified atom stereocenters. The zero-order chi connectivity index (χ0) is 20.1. The predicted molar refractivity (Wildman–Crippen MR) is 113 cm³/mol. The Labute approximate surface area is 171 Å². The lowest BCUT2D eigenvalue weighted by molar-refractivity contribution is -0.118. The van der Waals surface area contributed by atoms with E-state index in [1.165, 1.54) is 11.3 Å². The van der Waals surface area contributed by atoms with E-state index in [2.05, 4.69) is 22.0 Å². The Morgan fingerprint density at radius 1 is 1.10 bits per heavy atom. The molecule has 4 aromatic rings. The van der Waals surface area contributed by atoms with Gasteiger partial charge in [-0.1, -0.05) is 55.1 Å². The van der Waals surface area contributed by atoms with Crippen molar-refractivity contribution in [2.24, 2.45) is 0 Å². The van der Waals surface area contributed by atoms with Crippen LogP contribution in [0.1, 0.15) is 0 Å². The fourth-order valence-corrected chi connectivity index (χ4v) is 3.51. The van der Waals surface area contributed by atoms with Gasteiger partial charge in [-0.15, -0.1) is 16.4 Å². The minimum atomic E-state index is -0.358. The van der Waals surface area contributed by atoms with E-state index >= 15 is 0 Å². The average molecular weight is 406 g/mol. The minimum absolute atomic E-state index is 0.188. The first-order chi connectivity index (χ1) is 14.2. The maximum absolute atomic E-state index is 12.3. The van der Waals surface area contributed by atoms with E-state index in [4.69, 9.17) is 9.47 Å². The van der Waals surface area contributed by atoms with Crippen molar-refractivity contribution < 1.29 is 14.3 Å². The quantitative estimate of drug-likeness (QED) is 0.447. The Bertz CT molecular complexity index is 1140. The summed E-state index contributed by atoms with van der Waals surface area (Å²) in [6.07, 6.45) is 1.64. The molecular weight excluding hydrogens is 388 g/mol. The summed E-state index contributed by atoms with van der Waals surface area (Å²) >= 11 is 1.46. The molecule has 146 valence electrons. The molecule has 0 aliphatic carbocycles. The number of hydrogen-bond donors (Lipinski definition) is 1. The van der Waals surface area contributed by atoms with Gasteiger partial charge in [-0.2, -0.15) is 4.98 Å². The van der Waals surface area contributed by atoms with Crippen molar-refractivity contribution in [1.29, 1.82) is 0 Å². The molecular formula is C21H18N4O3S. The molecule has 29 heavy (non-hydrogen) atoms. The van der Waals surface area contributed by atoms with E-state index in [1.807, 2.05) is 47.8 Å². The molecule has 2 heterocycles. The summed E-state index contributed by atoms with van der Waals surface area (Å²) in [6.45, 7) is 3.79. The maximum atomic E-state index is 12.3. The van der Waals surface area contributed by atoms with Crippen molar-refractivity contribution in [2.45, 2.75) is 0 Å². The molecule has 0 fully saturated rings. The van der Waals surface area contributed by atoms with Crippen LogP contribution in [0.3, 0.4) is 0 Å². The van der Waals surface area contributed by atoms with Gasteiger partial charge < -0.3 is 9.47 Å². The smallest absolute Gasteiger partial charge is 0.264 e. The first-order valence-electron chi connectivity index (χ1n) is 8.89. The average Bonchev–Trinajstić information content (AvgIpc) is 3.32. The number of aromatic nitrogens is 3. The number of hydrogen-bond acceptors (Lipinski definition) is 6. The summed E-state index contributed by atoms with van der Waals surface area (Å²) in [7, 11) is 0. The number of fused-ring (bicyclic) bond motifs is 1. The fourth-order valence-electron chi connectivity index (χ4n) is 2.68. The van der Waals surface area contributed by atoms with Crippen molar-refractivity contribution in [1.82, 2.24) is 14.6 Å². The SMILES string of the molecule is C=CCOc1ccccc1OCC(=O)Nc1nc2scc(-c3ccccc3)n2n1. The normalized spacial score (nSPS) is 10.6. The summed E-state index contributed by atoms with van der Waals surface area (Å²) in [5.41, 5.74) is 1.95. The summed E-state index contributed by atoms with van der Waals surface area (Å²) in [4.78, 5) is 17.3. The maximum Gasteiger partial charge on any atom is 0.264 e. The Balaban J connectivity index is 1.42. The number of rotatable bonds is 8. The molecule has 0 aliphatic rings. The minimum Gasteiger partial charge on any atom is -0.486 e. The van der Waals surface area contributed by atoms with Gasteiger partial charge in [0.25, 0.3) is 11.9 Å². The van der Waals surface area contributed by atoms with Crippen LogP contribution in [0.25, 0.3) is 16.2 Å². The number of nitrogens with one attached hydrogen (secondary N) is 1. The fraction of sp³-hybridized carbons (Fsp3) is 0.0952. The van der Waals surface area contributed by atoms with E-state index in [1.54, 1.807) is 22.7 Å². The van der Waals surface area contributed by atoms with Crippen LogP contribution in [-0.4, -0.2) is 33.7 Å². The van der Waals surface area contributed by atoms with Crippen LogP contribution in [0.2, 0.25) is 0 Å². The predicted octanol–water partition coefficient (Wildman–Crippen LogP) is 4.04. The molecule has 0 radical (unpaired) electrons. The molecule has 2 aromatic carbocycles. The molecule has 1 N–H and O–H groups in total. The van der Waals surface area contributed by atoms with Gasteiger partial charge in [-0.25, -0.2) is 4.52 Å². The van der Waals surface area contributed by atoms with E-state index < -0.39 is 0 Å². The first-order valence-corrected chi connectivity index (χ1v) is 9.77. The van der Waals surface area contributed by atoms with Crippen molar-refractivity contribution in [3.8, 4) is 22.8 Å². The molecule has 0 aliphatic heterocycles. The molecule has 0 atom stereocenters. The summed E-state index contributed by atoms with van der Waals surface area (Å²) < 4.78 is 12.8. The van der Waals surface area contributed by atoms with E-state index in [0.29, 0.717) is 23.1 Å². The summed E-state index contributed by atoms with van der Waals surface area (Å²) in [5.74, 6) is 0.907. The van der Waals surface area contributed by atoms with Gasteiger partial charge in [0.2, 0.25) is 4.96 Å². The number of para-hydroxylation sites is 2. The number of anilines is 1. The van der Waals surface area contributed by atoms with Crippen LogP contribution in [0.4, 0.5) is 5.95 Å². The Morgan fingerprint density at radius 2 is 1.83 bits per heavy atom. The lowest BCUT2D eigenvalue weighted by Gasteiger charge is -2.11. The summed E-state index contributed by atoms with van der Waals surface area (Å²) in [5, 5.41) is 9.05. The number of amides is 1. The molecule has 0 saturated carbocycles. The van der Waals surface area contributed by atoms with Gasteiger partial charge in [0.15, 0.2) is 18.1 Å². The number of carbonyl (C=O) groups is 1. The second-order valence-electron chi connectivity index (χ2n) is 6.00. The van der Waals surface area contributed by atoms with Gasteiger partial charge in [0.05, 0.1) is 5.69 Å². The highest BCUT2D eigenvalue weighted by Gasteiger charge is 2.14. The monoisotopic (exact) mass is 406 g/mol. The molecule has 0 spiro atoms. The van der Waals surface area contributed by atoms with Gasteiger partial charge in [-0.3, -0.25) is 10.1 Å². The first kappa shape index (κ1) is 18.7. The highest BCUT2D eigenvalue weighted by Crippen LogP contribution is 2.27. The Kier molecular flexibility index (Phi) is 5.53. The lowest BCUT2D eigenvalue weighted by atomic mass is 10.2. The van der Waals surface area contributed by atoms with Crippen molar-refractivity contribution in [3.05, 3.63) is 72.6 Å². The number of benzene rings is 2. The van der Waals surface area contributed by atoms with E-state index in [0.717, 1.165) is 11.3 Å². The van der Waals surface area contributed by atoms with Gasteiger partial charge >= 0.3 is 0 Å². The zero-order valence-electron chi connectivity index (χ0n) is 15.4. The number of nitrogens with zero attached hydrogens (tertiary/aromatic N) is 3. The van der Waals surface area contributed by atoms with Crippen LogP contribution in [0.5, 0.6) is 11.5 Å². The molecule has 0 bridgehead atoms. The van der Waals surface area contributed by atoms with Gasteiger partial charge in [-0.05, 0) is 12.1 Å². The van der Waals surface area contributed by atoms with Crippen molar-refractivity contribution in [2.75, 3.05) is 18.5 Å². The number of carbonyl (C=O) groups excluding carboxylic acids is 1. The van der Waals surface area contributed by atoms with Crippen LogP contribution < -0.4 is 14.8 Å². The van der Waals surface area contributed by atoms with Crippen LogP contribution >= 0.6 is 11.3 Å². The number of thiazole rings is 1. The third-order valence-corrected chi connectivity index (χ3v) is 4.78. The van der Waals surface area contributed by atoms with Crippen molar-refractivity contribution >= 4 is 28.2 Å². The van der Waals surface area contributed by atoms with E-state index in [9.17, 15) is 4.79 Å². The molecule has 0 saturated heterocycles. The second-order valence-corrected chi connectivity index (χ2v) is 6.84. The van der Waals surface area contributed by atoms with Crippen LogP contribution in [0, 0.1) is 0 Å². The number of ether oxygens (including phenoxy) is 2.